The number of benzene rings is 2. The summed E-state index contributed by atoms with van der Waals surface area (Å²) in [5, 5.41) is 26.6. The van der Waals surface area contributed by atoms with Gasteiger partial charge in [-0.25, -0.2) is 0 Å². The van der Waals surface area contributed by atoms with E-state index in [9.17, 15) is 10.1 Å². The van der Waals surface area contributed by atoms with E-state index in [0.717, 1.165) is 0 Å². The van der Waals surface area contributed by atoms with E-state index < -0.39 is 4.92 Å². The van der Waals surface area contributed by atoms with Crippen molar-refractivity contribution in [3.63, 3.8) is 0 Å². The van der Waals surface area contributed by atoms with E-state index in [-0.39, 0.29) is 11.5 Å². The van der Waals surface area contributed by atoms with E-state index in [1.165, 1.54) is 24.3 Å². The van der Waals surface area contributed by atoms with Crippen molar-refractivity contribution in [3.8, 4) is 11.5 Å². The number of amidine groups is 1. The van der Waals surface area contributed by atoms with Crippen LogP contribution in [-0.4, -0.2) is 16.0 Å². The number of hydroxylamine groups is 1. The first-order chi connectivity index (χ1) is 9.60. The molecule has 0 saturated carbocycles. The number of hydrogen-bond acceptors (Lipinski definition) is 5. The van der Waals surface area contributed by atoms with Gasteiger partial charge in [-0.2, -0.15) is 0 Å². The molecule has 2 aromatic carbocycles. The topological polar surface area (TPSA) is 108 Å². The minimum absolute atomic E-state index is 0.0163. The first-order valence-electron chi connectivity index (χ1n) is 5.61. The summed E-state index contributed by atoms with van der Waals surface area (Å²) in [6.45, 7) is 0. The molecule has 0 fully saturated rings. The maximum atomic E-state index is 10.5. The Balaban J connectivity index is 2.17. The molecule has 7 heteroatoms. The van der Waals surface area contributed by atoms with E-state index in [1.807, 2.05) is 0 Å². The zero-order valence-corrected chi connectivity index (χ0v) is 10.2. The van der Waals surface area contributed by atoms with Crippen molar-refractivity contribution in [2.24, 2.45) is 0 Å². The van der Waals surface area contributed by atoms with Crippen LogP contribution >= 0.6 is 0 Å². The molecule has 3 N–H and O–H groups in total. The van der Waals surface area contributed by atoms with Gasteiger partial charge in [0.05, 0.1) is 4.92 Å². The lowest BCUT2D eigenvalue weighted by atomic mass is 10.2. The Bertz CT molecular complexity index is 640. The zero-order chi connectivity index (χ0) is 14.5. The molecular weight excluding hydrogens is 262 g/mol. The standard InChI is InChI=1S/C13H11N3O4/c14-13(15-17)9-2-1-3-12(8-9)20-11-6-4-10(5-7-11)16(18)19/h1-8,17H,(H2,14,15). The molecule has 2 aromatic rings. The third-order valence-electron chi connectivity index (χ3n) is 2.52. The highest BCUT2D eigenvalue weighted by Crippen LogP contribution is 2.24. The second-order valence-corrected chi connectivity index (χ2v) is 3.87. The van der Waals surface area contributed by atoms with Gasteiger partial charge in [-0.1, -0.05) is 12.1 Å². The van der Waals surface area contributed by atoms with Gasteiger partial charge in [0.25, 0.3) is 5.69 Å². The van der Waals surface area contributed by atoms with Crippen LogP contribution in [0, 0.1) is 15.5 Å². The van der Waals surface area contributed by atoms with Gasteiger partial charge in [-0.3, -0.25) is 26.2 Å². The number of hydrogen-bond donors (Lipinski definition) is 3. The average Bonchev–Trinajstić information content (AvgIpc) is 2.47. The number of non-ortho nitro benzene ring substituents is 1. The molecule has 7 nitrogen and oxygen atoms in total. The Labute approximate surface area is 114 Å². The number of nitro groups is 1. The van der Waals surface area contributed by atoms with E-state index in [2.05, 4.69) is 0 Å². The summed E-state index contributed by atoms with van der Waals surface area (Å²) in [5.41, 5.74) is 2.18. The largest absolute Gasteiger partial charge is 0.457 e. The maximum absolute atomic E-state index is 10.5. The molecule has 0 heterocycles. The third kappa shape index (κ3) is 3.09. The summed E-state index contributed by atoms with van der Waals surface area (Å²) in [5.74, 6) is 0.742. The van der Waals surface area contributed by atoms with Crippen molar-refractivity contribution >= 4 is 11.5 Å². The van der Waals surface area contributed by atoms with Gasteiger partial charge in [-0.15, -0.1) is 0 Å². The van der Waals surface area contributed by atoms with Gasteiger partial charge in [0.1, 0.15) is 17.3 Å². The third-order valence-corrected chi connectivity index (χ3v) is 2.52. The van der Waals surface area contributed by atoms with Gasteiger partial charge in [0.15, 0.2) is 0 Å². The molecule has 0 atom stereocenters. The summed E-state index contributed by atoms with van der Waals surface area (Å²) in [4.78, 5) is 10.0. The lowest BCUT2D eigenvalue weighted by Crippen LogP contribution is -2.18. The predicted octanol–water partition coefficient (Wildman–Crippen LogP) is 2.69. The van der Waals surface area contributed by atoms with Crippen LogP contribution in [0.4, 0.5) is 5.69 Å². The highest BCUT2D eigenvalue weighted by atomic mass is 16.6. The monoisotopic (exact) mass is 273 g/mol. The zero-order valence-electron chi connectivity index (χ0n) is 10.2. The minimum atomic E-state index is -0.487. The minimum Gasteiger partial charge on any atom is -0.457 e. The summed E-state index contributed by atoms with van der Waals surface area (Å²) in [7, 11) is 0. The second kappa shape index (κ2) is 5.81. The van der Waals surface area contributed by atoms with Crippen molar-refractivity contribution in [1.82, 2.24) is 5.48 Å². The Morgan fingerprint density at radius 3 is 2.50 bits per heavy atom. The maximum Gasteiger partial charge on any atom is 0.269 e. The van der Waals surface area contributed by atoms with Crippen LogP contribution in [0.5, 0.6) is 11.5 Å². The van der Waals surface area contributed by atoms with Crippen LogP contribution in [0.3, 0.4) is 0 Å². The van der Waals surface area contributed by atoms with E-state index in [4.69, 9.17) is 15.4 Å². The van der Waals surface area contributed by atoms with Gasteiger partial charge in [0, 0.05) is 17.7 Å². The number of ether oxygens (including phenoxy) is 1. The van der Waals surface area contributed by atoms with Crippen molar-refractivity contribution in [2.75, 3.05) is 0 Å². The van der Waals surface area contributed by atoms with Gasteiger partial charge in [-0.05, 0) is 24.3 Å². The fraction of sp³-hybridized carbons (Fsp3) is 0. The summed E-state index contributed by atoms with van der Waals surface area (Å²) < 4.78 is 5.52. The van der Waals surface area contributed by atoms with E-state index in [0.29, 0.717) is 17.1 Å². The van der Waals surface area contributed by atoms with Gasteiger partial charge >= 0.3 is 0 Å². The molecule has 0 radical (unpaired) electrons. The van der Waals surface area contributed by atoms with Crippen LogP contribution in [0.25, 0.3) is 0 Å². The molecule has 20 heavy (non-hydrogen) atoms. The molecule has 0 spiro atoms. The van der Waals surface area contributed by atoms with Crippen LogP contribution in [0.1, 0.15) is 5.56 Å². The fourth-order valence-corrected chi connectivity index (χ4v) is 1.55. The van der Waals surface area contributed by atoms with Crippen molar-refractivity contribution in [2.45, 2.75) is 0 Å². The van der Waals surface area contributed by atoms with Crippen molar-refractivity contribution in [3.05, 3.63) is 64.2 Å². The Morgan fingerprint density at radius 2 is 1.90 bits per heavy atom. The number of nitro benzene ring substituents is 1. The Morgan fingerprint density at radius 1 is 1.20 bits per heavy atom. The molecule has 0 unspecified atom stereocenters. The molecule has 0 aliphatic rings. The molecule has 0 amide bonds. The lowest BCUT2D eigenvalue weighted by molar-refractivity contribution is -0.384. The van der Waals surface area contributed by atoms with Crippen molar-refractivity contribution in [1.29, 1.82) is 5.41 Å². The average molecular weight is 273 g/mol. The molecule has 2 rings (SSSR count). The van der Waals surface area contributed by atoms with Crippen LogP contribution in [0.2, 0.25) is 0 Å². The molecule has 102 valence electrons. The van der Waals surface area contributed by atoms with Crippen LogP contribution < -0.4 is 10.2 Å². The number of nitrogens with one attached hydrogen (secondary N) is 2. The lowest BCUT2D eigenvalue weighted by Gasteiger charge is -2.07. The SMILES string of the molecule is N=C(NO)c1cccc(Oc2ccc([N+](=O)[O-])cc2)c1. The fourth-order valence-electron chi connectivity index (χ4n) is 1.55. The quantitative estimate of drug-likeness (QED) is 0.343. The molecule has 0 bridgehead atoms. The van der Waals surface area contributed by atoms with Crippen LogP contribution in [-0.2, 0) is 0 Å². The first kappa shape index (κ1) is 13.5. The van der Waals surface area contributed by atoms with Gasteiger partial charge < -0.3 is 4.74 Å². The molecule has 0 aromatic heterocycles. The predicted molar refractivity (Wildman–Crippen MR) is 71.4 cm³/mol. The normalized spacial score (nSPS) is 9.85. The first-order valence-corrected chi connectivity index (χ1v) is 5.61. The summed E-state index contributed by atoms with van der Waals surface area (Å²) >= 11 is 0. The number of nitrogens with zero attached hydrogens (tertiary/aromatic N) is 1. The molecule has 0 saturated heterocycles. The van der Waals surface area contributed by atoms with Crippen LogP contribution in [0.15, 0.2) is 48.5 Å². The summed E-state index contributed by atoms with van der Waals surface area (Å²) in [6, 6.07) is 12.2. The Hall–Kier alpha value is -2.93. The summed E-state index contributed by atoms with van der Waals surface area (Å²) in [6.07, 6.45) is 0. The molecule has 0 aliphatic heterocycles. The Kier molecular flexibility index (Phi) is 3.92. The molecular formula is C13H11N3O4. The van der Waals surface area contributed by atoms with E-state index in [1.54, 1.807) is 29.7 Å². The second-order valence-electron chi connectivity index (χ2n) is 3.87. The van der Waals surface area contributed by atoms with E-state index >= 15 is 0 Å². The highest BCUT2D eigenvalue weighted by Gasteiger charge is 2.06. The smallest absolute Gasteiger partial charge is 0.269 e. The molecule has 0 aliphatic carbocycles. The van der Waals surface area contributed by atoms with Crippen molar-refractivity contribution < 1.29 is 14.9 Å². The number of rotatable bonds is 4. The van der Waals surface area contributed by atoms with Gasteiger partial charge in [0.2, 0.25) is 0 Å². The highest BCUT2D eigenvalue weighted by molar-refractivity contribution is 5.95.